The highest BCUT2D eigenvalue weighted by Gasteiger charge is 2.35. The second-order valence-corrected chi connectivity index (χ2v) is 11.9. The molecule has 0 spiro atoms. The first kappa shape index (κ1) is 28.5. The average molecular weight is 515 g/mol. The molecule has 31 heavy (non-hydrogen) atoms. The molecule has 3 nitrogen and oxygen atoms in total. The first-order valence-electron chi connectivity index (χ1n) is 11.7. The van der Waals surface area contributed by atoms with Gasteiger partial charge in [0.2, 0.25) is 0 Å². The van der Waals surface area contributed by atoms with E-state index in [-0.39, 0.29) is 23.0 Å². The SMILES string of the molecule is COc1ccc(CCC(=O)[C@H](CSCC2CCCC2)[N+](C)(C)CCC(C)(C)C)cc1.[Br-]. The molecule has 1 aliphatic carbocycles. The minimum Gasteiger partial charge on any atom is -1.00 e. The molecule has 1 aliphatic rings. The number of hydrogen-bond donors (Lipinski definition) is 0. The Labute approximate surface area is 206 Å². The zero-order valence-corrected chi connectivity index (χ0v) is 23.0. The van der Waals surface area contributed by atoms with Gasteiger partial charge >= 0.3 is 0 Å². The molecule has 1 atom stereocenters. The fourth-order valence-corrected chi connectivity index (χ4v) is 5.83. The van der Waals surface area contributed by atoms with Crippen molar-refractivity contribution < 1.29 is 31.0 Å². The van der Waals surface area contributed by atoms with Crippen LogP contribution in [0.15, 0.2) is 24.3 Å². The lowest BCUT2D eigenvalue weighted by molar-refractivity contribution is -0.904. The number of Topliss-reactive ketones (excluding diaryl/α,β-unsaturated/α-hetero) is 1. The molecule has 1 aromatic rings. The highest BCUT2D eigenvalue weighted by Crippen LogP contribution is 2.30. The quantitative estimate of drug-likeness (QED) is 0.402. The second-order valence-electron chi connectivity index (χ2n) is 10.8. The van der Waals surface area contributed by atoms with E-state index in [9.17, 15) is 4.79 Å². The molecule has 0 saturated heterocycles. The van der Waals surface area contributed by atoms with Gasteiger partial charge in [-0.1, -0.05) is 45.7 Å². The van der Waals surface area contributed by atoms with Crippen LogP contribution in [-0.2, 0) is 11.2 Å². The van der Waals surface area contributed by atoms with Gasteiger partial charge in [-0.3, -0.25) is 4.79 Å². The Hall–Kier alpha value is -0.520. The number of ketones is 1. The number of carbonyl (C=O) groups is 1. The van der Waals surface area contributed by atoms with Gasteiger partial charge in [0.25, 0.3) is 0 Å². The van der Waals surface area contributed by atoms with Gasteiger partial charge in [0.05, 0.1) is 33.5 Å². The van der Waals surface area contributed by atoms with Gasteiger partial charge in [-0.05, 0) is 54.0 Å². The Bertz CT molecular complexity index is 648. The number of rotatable bonds is 12. The molecule has 0 heterocycles. The van der Waals surface area contributed by atoms with Gasteiger partial charge in [0.15, 0.2) is 11.8 Å². The molecule has 2 rings (SSSR count). The van der Waals surface area contributed by atoms with Gasteiger partial charge in [0.1, 0.15) is 5.75 Å². The Balaban J connectivity index is 0.00000480. The van der Waals surface area contributed by atoms with Crippen LogP contribution >= 0.6 is 11.8 Å². The molecule has 1 aromatic carbocycles. The van der Waals surface area contributed by atoms with E-state index in [1.807, 2.05) is 23.9 Å². The number of methoxy groups -OCH3 is 1. The number of hydrogen-bond acceptors (Lipinski definition) is 3. The summed E-state index contributed by atoms with van der Waals surface area (Å²) >= 11 is 2.02. The third-order valence-electron chi connectivity index (χ3n) is 6.58. The molecular formula is C26H44BrNO2S. The van der Waals surface area contributed by atoms with Crippen molar-refractivity contribution in [1.82, 2.24) is 0 Å². The predicted octanol–water partition coefficient (Wildman–Crippen LogP) is 3.01. The van der Waals surface area contributed by atoms with Crippen molar-refractivity contribution >= 4 is 17.5 Å². The highest BCUT2D eigenvalue weighted by molar-refractivity contribution is 7.99. The third-order valence-corrected chi connectivity index (χ3v) is 7.84. The zero-order valence-electron chi connectivity index (χ0n) is 20.6. The summed E-state index contributed by atoms with van der Waals surface area (Å²) in [6.45, 7) is 7.93. The maximum atomic E-state index is 13.4. The first-order chi connectivity index (χ1) is 14.1. The molecule has 1 fully saturated rings. The maximum Gasteiger partial charge on any atom is 0.191 e. The van der Waals surface area contributed by atoms with Crippen LogP contribution in [0.2, 0.25) is 0 Å². The monoisotopic (exact) mass is 513 g/mol. The lowest BCUT2D eigenvalue weighted by Crippen LogP contribution is -3.00. The molecule has 178 valence electrons. The largest absolute Gasteiger partial charge is 1.00 e. The molecule has 0 amide bonds. The molecule has 0 N–H and O–H groups in total. The summed E-state index contributed by atoms with van der Waals surface area (Å²) in [5, 5.41) is 0. The molecule has 0 bridgehead atoms. The van der Waals surface area contributed by atoms with Gasteiger partial charge in [-0.2, -0.15) is 11.8 Å². The van der Waals surface area contributed by atoms with Crippen LogP contribution in [0, 0.1) is 11.3 Å². The van der Waals surface area contributed by atoms with Crippen molar-refractivity contribution in [2.24, 2.45) is 11.3 Å². The summed E-state index contributed by atoms with van der Waals surface area (Å²) in [6.07, 6.45) is 8.11. The van der Waals surface area contributed by atoms with E-state index in [1.54, 1.807) is 7.11 Å². The predicted molar refractivity (Wildman–Crippen MR) is 130 cm³/mol. The second kappa shape index (κ2) is 13.3. The Morgan fingerprint density at radius 1 is 1.16 bits per heavy atom. The normalized spacial score (nSPS) is 16.1. The van der Waals surface area contributed by atoms with E-state index >= 15 is 0 Å². The van der Waals surface area contributed by atoms with Crippen molar-refractivity contribution in [3.8, 4) is 5.75 Å². The number of ether oxygens (including phenoxy) is 1. The van der Waals surface area contributed by atoms with Crippen LogP contribution in [0.1, 0.15) is 64.9 Å². The average Bonchev–Trinajstić information content (AvgIpc) is 3.21. The number of likely N-dealkylation sites (N-methyl/N-ethyl adjacent to an activating group) is 1. The van der Waals surface area contributed by atoms with E-state index in [0.29, 0.717) is 17.6 Å². The fourth-order valence-electron chi connectivity index (χ4n) is 4.21. The van der Waals surface area contributed by atoms with Crippen LogP contribution in [0.3, 0.4) is 0 Å². The van der Waals surface area contributed by atoms with Gasteiger partial charge < -0.3 is 26.2 Å². The highest BCUT2D eigenvalue weighted by atomic mass is 79.9. The summed E-state index contributed by atoms with van der Waals surface area (Å²) < 4.78 is 6.05. The van der Waals surface area contributed by atoms with E-state index in [0.717, 1.165) is 41.3 Å². The molecule has 0 aromatic heterocycles. The molecule has 0 radical (unpaired) electrons. The summed E-state index contributed by atoms with van der Waals surface area (Å²) in [7, 11) is 6.21. The number of benzene rings is 1. The van der Waals surface area contributed by atoms with Crippen molar-refractivity contribution in [1.29, 1.82) is 0 Å². The van der Waals surface area contributed by atoms with Crippen LogP contribution in [0.4, 0.5) is 0 Å². The summed E-state index contributed by atoms with van der Waals surface area (Å²) in [5.74, 6) is 4.33. The molecule has 5 heteroatoms. The van der Waals surface area contributed by atoms with Crippen LogP contribution < -0.4 is 21.7 Å². The number of aryl methyl sites for hydroxylation is 1. The van der Waals surface area contributed by atoms with E-state index in [4.69, 9.17) is 4.74 Å². The number of nitrogens with zero attached hydrogens (tertiary/aromatic N) is 1. The summed E-state index contributed by atoms with van der Waals surface area (Å²) in [4.78, 5) is 13.4. The Kier molecular flexibility index (Phi) is 12.2. The fraction of sp³-hybridized carbons (Fsp3) is 0.731. The lowest BCUT2D eigenvalue weighted by Gasteiger charge is -2.39. The van der Waals surface area contributed by atoms with Crippen LogP contribution in [0.5, 0.6) is 5.75 Å². The summed E-state index contributed by atoms with van der Waals surface area (Å²) in [6, 6.07) is 8.21. The van der Waals surface area contributed by atoms with Crippen molar-refractivity contribution in [3.05, 3.63) is 29.8 Å². The third kappa shape index (κ3) is 10.3. The minimum atomic E-state index is 0. The van der Waals surface area contributed by atoms with Crippen LogP contribution in [-0.4, -0.2) is 55.6 Å². The molecular weight excluding hydrogens is 470 g/mol. The van der Waals surface area contributed by atoms with Crippen LogP contribution in [0.25, 0.3) is 0 Å². The number of carbonyl (C=O) groups excluding carboxylic acids is 1. The molecule has 1 saturated carbocycles. The van der Waals surface area contributed by atoms with Gasteiger partial charge in [-0.15, -0.1) is 0 Å². The van der Waals surface area contributed by atoms with Gasteiger partial charge in [-0.25, -0.2) is 0 Å². The van der Waals surface area contributed by atoms with Crippen molar-refractivity contribution in [2.75, 3.05) is 39.3 Å². The Morgan fingerprint density at radius 2 is 1.77 bits per heavy atom. The number of quaternary nitrogens is 1. The smallest absolute Gasteiger partial charge is 0.191 e. The number of thioether (sulfide) groups is 1. The van der Waals surface area contributed by atoms with Gasteiger partial charge in [0, 0.05) is 12.8 Å². The molecule has 0 unspecified atom stereocenters. The standard InChI is InChI=1S/C26H44NO2S.BrH/c1-26(2,3)17-18-27(4,5)24(20-30-19-22-9-7-8-10-22)25(28)16-13-21-11-14-23(29-6)15-12-21;/h11-12,14-15,22,24H,7-10,13,16-20H2,1-6H3;1H/q+1;/p-1/t24-;/m0./s1. The summed E-state index contributed by atoms with van der Waals surface area (Å²) in [5.41, 5.74) is 1.50. The zero-order chi connectivity index (χ0) is 22.2. The lowest BCUT2D eigenvalue weighted by atomic mass is 9.91. The first-order valence-corrected chi connectivity index (χ1v) is 12.8. The minimum absolute atomic E-state index is 0. The van der Waals surface area contributed by atoms with E-state index in [2.05, 4.69) is 47.0 Å². The number of halogens is 1. The Morgan fingerprint density at radius 3 is 2.32 bits per heavy atom. The maximum absolute atomic E-state index is 13.4. The van der Waals surface area contributed by atoms with E-state index in [1.165, 1.54) is 37.0 Å². The van der Waals surface area contributed by atoms with Crippen molar-refractivity contribution in [3.63, 3.8) is 0 Å². The van der Waals surface area contributed by atoms with E-state index < -0.39 is 0 Å². The molecule has 0 aliphatic heterocycles. The van der Waals surface area contributed by atoms with Crippen molar-refractivity contribution in [2.45, 2.75) is 71.8 Å². The topological polar surface area (TPSA) is 26.3 Å².